The largest absolute Gasteiger partial charge is 0.343 e. The molecule has 2 saturated heterocycles. The minimum absolute atomic E-state index is 0.0766. The maximum Gasteiger partial charge on any atom is 0.226 e. The fraction of sp³-hybridized carbons (Fsp3) is 0.600. The summed E-state index contributed by atoms with van der Waals surface area (Å²) in [7, 11) is 0. The molecule has 1 atom stereocenters. The van der Waals surface area contributed by atoms with Gasteiger partial charge in [0.15, 0.2) is 0 Å². The Labute approximate surface area is 144 Å². The Hall–Kier alpha value is -1.84. The van der Waals surface area contributed by atoms with Crippen LogP contribution in [0, 0.1) is 19.8 Å². The molecule has 1 aromatic rings. The summed E-state index contributed by atoms with van der Waals surface area (Å²) >= 11 is 0. The standard InChI is InChI=1S/C20H28N2O2/c1-14-6-7-18(13-15(14)2)19-5-4-10-22(19)20(24)17-8-11-21(12-9-17)16(3)23/h6-7,13,17,19H,4-5,8-12H2,1-3H3/t19-/m1/s1. The summed E-state index contributed by atoms with van der Waals surface area (Å²) in [6.45, 7) is 8.17. The minimum Gasteiger partial charge on any atom is -0.343 e. The summed E-state index contributed by atoms with van der Waals surface area (Å²) in [6.07, 6.45) is 3.74. The minimum atomic E-state index is 0.0766. The second-order valence-corrected chi connectivity index (χ2v) is 7.31. The van der Waals surface area contributed by atoms with Crippen LogP contribution in [0.2, 0.25) is 0 Å². The first-order valence-corrected chi connectivity index (χ1v) is 9.10. The third-order valence-corrected chi connectivity index (χ3v) is 5.74. The van der Waals surface area contributed by atoms with E-state index >= 15 is 0 Å². The molecule has 4 heteroatoms. The predicted molar refractivity (Wildman–Crippen MR) is 94.6 cm³/mol. The van der Waals surface area contributed by atoms with Gasteiger partial charge in [0.05, 0.1) is 6.04 Å². The Morgan fingerprint density at radius 3 is 2.33 bits per heavy atom. The molecule has 4 nitrogen and oxygen atoms in total. The number of amides is 2. The van der Waals surface area contributed by atoms with Gasteiger partial charge in [-0.2, -0.15) is 0 Å². The highest BCUT2D eigenvalue weighted by Gasteiger charge is 2.35. The maximum absolute atomic E-state index is 13.0. The van der Waals surface area contributed by atoms with E-state index in [1.54, 1.807) is 6.92 Å². The molecule has 0 bridgehead atoms. The van der Waals surface area contributed by atoms with E-state index in [4.69, 9.17) is 0 Å². The Bertz CT molecular complexity index is 633. The zero-order chi connectivity index (χ0) is 17.3. The summed E-state index contributed by atoms with van der Waals surface area (Å²) in [6, 6.07) is 6.81. The van der Waals surface area contributed by atoms with E-state index in [2.05, 4.69) is 36.9 Å². The topological polar surface area (TPSA) is 40.6 Å². The van der Waals surface area contributed by atoms with Crippen molar-refractivity contribution in [1.29, 1.82) is 0 Å². The van der Waals surface area contributed by atoms with Crippen molar-refractivity contribution in [3.8, 4) is 0 Å². The highest BCUT2D eigenvalue weighted by atomic mass is 16.2. The molecule has 24 heavy (non-hydrogen) atoms. The lowest BCUT2D eigenvalue weighted by Gasteiger charge is -2.34. The number of piperidine rings is 1. The summed E-state index contributed by atoms with van der Waals surface area (Å²) in [5, 5.41) is 0. The molecular formula is C20H28N2O2. The molecular weight excluding hydrogens is 300 g/mol. The second-order valence-electron chi connectivity index (χ2n) is 7.31. The second kappa shape index (κ2) is 6.96. The van der Waals surface area contributed by atoms with Crippen LogP contribution in [-0.2, 0) is 9.59 Å². The van der Waals surface area contributed by atoms with Crippen molar-refractivity contribution in [2.45, 2.75) is 52.5 Å². The lowest BCUT2D eigenvalue weighted by atomic mass is 9.93. The van der Waals surface area contributed by atoms with Gasteiger partial charge in [-0.3, -0.25) is 9.59 Å². The van der Waals surface area contributed by atoms with Crippen LogP contribution in [0.25, 0.3) is 0 Å². The molecule has 0 saturated carbocycles. The van der Waals surface area contributed by atoms with Crippen LogP contribution < -0.4 is 0 Å². The van der Waals surface area contributed by atoms with Gasteiger partial charge < -0.3 is 9.80 Å². The molecule has 0 radical (unpaired) electrons. The van der Waals surface area contributed by atoms with Gasteiger partial charge >= 0.3 is 0 Å². The number of carbonyl (C=O) groups excluding carboxylic acids is 2. The van der Waals surface area contributed by atoms with Gasteiger partial charge in [0.25, 0.3) is 0 Å². The average molecular weight is 328 g/mol. The lowest BCUT2D eigenvalue weighted by molar-refractivity contribution is -0.140. The van der Waals surface area contributed by atoms with E-state index in [0.717, 1.165) is 32.2 Å². The quantitative estimate of drug-likeness (QED) is 0.836. The van der Waals surface area contributed by atoms with Crippen LogP contribution in [0.4, 0.5) is 0 Å². The zero-order valence-electron chi connectivity index (χ0n) is 15.0. The Balaban J connectivity index is 1.70. The van der Waals surface area contributed by atoms with Gasteiger partial charge in [0.2, 0.25) is 11.8 Å². The fourth-order valence-electron chi connectivity index (χ4n) is 4.02. The lowest BCUT2D eigenvalue weighted by Crippen LogP contribution is -2.43. The van der Waals surface area contributed by atoms with Gasteiger partial charge in [-0.15, -0.1) is 0 Å². The van der Waals surface area contributed by atoms with Gasteiger partial charge in [-0.05, 0) is 56.2 Å². The number of carbonyl (C=O) groups is 2. The molecule has 3 rings (SSSR count). The molecule has 2 amide bonds. The fourth-order valence-corrected chi connectivity index (χ4v) is 4.02. The van der Waals surface area contributed by atoms with Crippen molar-refractivity contribution in [3.63, 3.8) is 0 Å². The van der Waals surface area contributed by atoms with E-state index in [1.165, 1.54) is 16.7 Å². The van der Waals surface area contributed by atoms with Crippen LogP contribution in [0.3, 0.4) is 0 Å². The van der Waals surface area contributed by atoms with Crippen LogP contribution in [0.5, 0.6) is 0 Å². The zero-order valence-corrected chi connectivity index (χ0v) is 15.0. The molecule has 0 aliphatic carbocycles. The van der Waals surface area contributed by atoms with Crippen molar-refractivity contribution >= 4 is 11.8 Å². The molecule has 0 N–H and O–H groups in total. The van der Waals surface area contributed by atoms with Crippen LogP contribution in [0.1, 0.15) is 55.3 Å². The molecule has 130 valence electrons. The number of hydrogen-bond donors (Lipinski definition) is 0. The normalized spacial score (nSPS) is 22.0. The molecule has 2 aliphatic rings. The number of aryl methyl sites for hydroxylation is 2. The molecule has 0 spiro atoms. The first-order chi connectivity index (χ1) is 11.5. The van der Waals surface area contributed by atoms with Crippen molar-refractivity contribution in [3.05, 3.63) is 34.9 Å². The van der Waals surface area contributed by atoms with E-state index in [9.17, 15) is 9.59 Å². The van der Waals surface area contributed by atoms with E-state index in [0.29, 0.717) is 19.0 Å². The monoisotopic (exact) mass is 328 g/mol. The van der Waals surface area contributed by atoms with Crippen LogP contribution in [0.15, 0.2) is 18.2 Å². The highest BCUT2D eigenvalue weighted by Crippen LogP contribution is 2.35. The number of nitrogens with zero attached hydrogens (tertiary/aromatic N) is 2. The molecule has 0 aromatic heterocycles. The Kier molecular flexibility index (Phi) is 4.93. The Morgan fingerprint density at radius 2 is 1.71 bits per heavy atom. The third-order valence-electron chi connectivity index (χ3n) is 5.74. The molecule has 1 aromatic carbocycles. The summed E-state index contributed by atoms with van der Waals surface area (Å²) in [5.41, 5.74) is 3.86. The van der Waals surface area contributed by atoms with Gasteiger partial charge in [0, 0.05) is 32.5 Å². The summed E-state index contributed by atoms with van der Waals surface area (Å²) in [4.78, 5) is 28.4. The average Bonchev–Trinajstić information content (AvgIpc) is 3.06. The number of likely N-dealkylation sites (tertiary alicyclic amines) is 2. The summed E-state index contributed by atoms with van der Waals surface area (Å²) in [5.74, 6) is 0.488. The third kappa shape index (κ3) is 3.33. The van der Waals surface area contributed by atoms with Crippen LogP contribution >= 0.6 is 0 Å². The summed E-state index contributed by atoms with van der Waals surface area (Å²) < 4.78 is 0. The first kappa shape index (κ1) is 17.0. The van der Waals surface area contributed by atoms with E-state index in [1.807, 2.05) is 4.90 Å². The van der Waals surface area contributed by atoms with Crippen molar-refractivity contribution in [2.75, 3.05) is 19.6 Å². The van der Waals surface area contributed by atoms with Crippen LogP contribution in [-0.4, -0.2) is 41.2 Å². The van der Waals surface area contributed by atoms with Gasteiger partial charge in [-0.1, -0.05) is 18.2 Å². The predicted octanol–water partition coefficient (Wildman–Crippen LogP) is 3.23. The highest BCUT2D eigenvalue weighted by molar-refractivity contribution is 5.80. The number of benzene rings is 1. The maximum atomic E-state index is 13.0. The molecule has 2 fully saturated rings. The molecule has 2 heterocycles. The van der Waals surface area contributed by atoms with Gasteiger partial charge in [-0.25, -0.2) is 0 Å². The van der Waals surface area contributed by atoms with Crippen molar-refractivity contribution < 1.29 is 9.59 Å². The molecule has 2 aliphatic heterocycles. The van der Waals surface area contributed by atoms with Crippen molar-refractivity contribution in [1.82, 2.24) is 9.80 Å². The van der Waals surface area contributed by atoms with Gasteiger partial charge in [0.1, 0.15) is 0 Å². The Morgan fingerprint density at radius 1 is 1.00 bits per heavy atom. The van der Waals surface area contributed by atoms with E-state index < -0.39 is 0 Å². The molecule has 0 unspecified atom stereocenters. The number of hydrogen-bond acceptors (Lipinski definition) is 2. The van der Waals surface area contributed by atoms with E-state index in [-0.39, 0.29) is 17.9 Å². The SMILES string of the molecule is CC(=O)N1CCC(C(=O)N2CCC[C@@H]2c2ccc(C)c(C)c2)CC1. The smallest absolute Gasteiger partial charge is 0.226 e. The first-order valence-electron chi connectivity index (χ1n) is 9.10. The van der Waals surface area contributed by atoms with Crippen molar-refractivity contribution in [2.24, 2.45) is 5.92 Å². The number of rotatable bonds is 2.